The van der Waals surface area contributed by atoms with Crippen molar-refractivity contribution in [2.45, 2.75) is 148 Å². The lowest BCUT2D eigenvalue weighted by molar-refractivity contribution is -0.870. The average molecular weight is 631 g/mol. The zero-order valence-electron chi connectivity index (χ0n) is 28.4. The van der Waals surface area contributed by atoms with E-state index in [1.165, 1.54) is 110 Å². The van der Waals surface area contributed by atoms with Crippen molar-refractivity contribution >= 4 is 13.7 Å². The summed E-state index contributed by atoms with van der Waals surface area (Å²) in [4.78, 5) is 23.6. The number of aliphatic hydroxyl groups excluding tert-OH is 1. The van der Waals surface area contributed by atoms with Crippen molar-refractivity contribution in [3.63, 3.8) is 0 Å². The Kier molecular flexibility index (Phi) is 26.7. The van der Waals surface area contributed by atoms with E-state index in [1.54, 1.807) is 6.08 Å². The highest BCUT2D eigenvalue weighted by Gasteiger charge is 2.22. The molecule has 0 aromatic rings. The molecule has 0 radical (unpaired) electrons. The van der Waals surface area contributed by atoms with Crippen molar-refractivity contribution in [2.24, 2.45) is 0 Å². The lowest BCUT2D eigenvalue weighted by atomic mass is 10.0. The number of nitrogens with one attached hydrogen (secondary N) is 1. The number of carbonyl (C=O) groups excluding carboxylic acids is 1. The second-order valence-corrected chi connectivity index (χ2v) is 14.4. The lowest BCUT2D eigenvalue weighted by Crippen LogP contribution is -2.45. The molecule has 3 atom stereocenters. The Morgan fingerprint density at radius 1 is 0.791 bits per heavy atom. The van der Waals surface area contributed by atoms with Crippen LogP contribution in [0.2, 0.25) is 0 Å². The number of hydrogen-bond acceptors (Lipinski definition) is 6. The highest BCUT2D eigenvalue weighted by atomic mass is 31.2. The van der Waals surface area contributed by atoms with Crippen molar-refractivity contribution in [3.05, 3.63) is 24.3 Å². The van der Waals surface area contributed by atoms with Gasteiger partial charge in [-0.2, -0.15) is 0 Å². The largest absolute Gasteiger partial charge is 0.756 e. The number of quaternary nitrogens is 1. The molecule has 0 aliphatic heterocycles. The Morgan fingerprint density at radius 3 is 1.74 bits per heavy atom. The minimum absolute atomic E-state index is 0.00939. The van der Waals surface area contributed by atoms with E-state index in [-0.39, 0.29) is 12.5 Å². The molecule has 8 nitrogen and oxygen atoms in total. The van der Waals surface area contributed by atoms with Gasteiger partial charge in [-0.15, -0.1) is 0 Å². The van der Waals surface area contributed by atoms with Gasteiger partial charge < -0.3 is 28.8 Å². The summed E-state index contributed by atoms with van der Waals surface area (Å²) >= 11 is 0. The smallest absolute Gasteiger partial charge is 0.268 e. The van der Waals surface area contributed by atoms with Gasteiger partial charge >= 0.3 is 0 Å². The zero-order chi connectivity index (χ0) is 32.2. The monoisotopic (exact) mass is 630 g/mol. The fourth-order valence-corrected chi connectivity index (χ4v) is 5.45. The van der Waals surface area contributed by atoms with Gasteiger partial charge in [-0.3, -0.25) is 9.36 Å². The molecule has 0 saturated carbocycles. The van der Waals surface area contributed by atoms with Gasteiger partial charge in [0.15, 0.2) is 0 Å². The van der Waals surface area contributed by atoms with E-state index >= 15 is 0 Å². The molecule has 0 aliphatic carbocycles. The van der Waals surface area contributed by atoms with Crippen LogP contribution in [0.15, 0.2) is 24.3 Å². The Balaban J connectivity index is 3.88. The number of amides is 1. The predicted octanol–water partition coefficient (Wildman–Crippen LogP) is 7.60. The molecule has 0 saturated heterocycles. The molecule has 0 aromatic heterocycles. The molecule has 1 amide bonds. The maximum atomic E-state index is 12.0. The summed E-state index contributed by atoms with van der Waals surface area (Å²) in [5, 5.41) is 13.0. The second kappa shape index (κ2) is 27.3. The molecule has 9 heteroatoms. The lowest BCUT2D eigenvalue weighted by Gasteiger charge is -2.29. The Labute approximate surface area is 264 Å². The third kappa shape index (κ3) is 30.8. The number of carbonyl (C=O) groups is 1. The van der Waals surface area contributed by atoms with E-state index in [1.807, 2.05) is 27.2 Å². The minimum Gasteiger partial charge on any atom is -0.756 e. The number of nitrogens with zero attached hydrogens (tertiary/aromatic N) is 1. The van der Waals surface area contributed by atoms with Gasteiger partial charge in [-0.1, -0.05) is 128 Å². The first-order valence-electron chi connectivity index (χ1n) is 17.1. The Hall–Kier alpha value is -1.02. The first-order valence-corrected chi connectivity index (χ1v) is 18.6. The summed E-state index contributed by atoms with van der Waals surface area (Å²) < 4.78 is 22.4. The maximum absolute atomic E-state index is 12.0. The number of aliphatic hydroxyl groups is 1. The average Bonchev–Trinajstić information content (AvgIpc) is 2.92. The molecule has 2 N–H and O–H groups in total. The van der Waals surface area contributed by atoms with Gasteiger partial charge in [0.2, 0.25) is 5.91 Å². The Bertz CT molecular complexity index is 768. The van der Waals surface area contributed by atoms with Crippen LogP contribution < -0.4 is 10.2 Å². The van der Waals surface area contributed by atoms with E-state index in [9.17, 15) is 19.4 Å². The third-order valence-electron chi connectivity index (χ3n) is 7.45. The van der Waals surface area contributed by atoms with Crippen LogP contribution in [0.25, 0.3) is 0 Å². The van der Waals surface area contributed by atoms with Crippen molar-refractivity contribution in [3.8, 4) is 0 Å². The van der Waals surface area contributed by atoms with Crippen LogP contribution in [0.4, 0.5) is 0 Å². The molecule has 0 fully saturated rings. The number of hydrogen-bond donors (Lipinski definition) is 2. The third-order valence-corrected chi connectivity index (χ3v) is 8.41. The number of unbranched alkanes of at least 4 members (excludes halogenated alkanes) is 17. The van der Waals surface area contributed by atoms with Gasteiger partial charge in [0.25, 0.3) is 7.82 Å². The highest BCUT2D eigenvalue weighted by molar-refractivity contribution is 7.45. The number of likely N-dealkylation sites (N-methyl/N-ethyl adjacent to an activating group) is 1. The van der Waals surface area contributed by atoms with Crippen LogP contribution in [0.1, 0.15) is 136 Å². The number of phosphoric acid groups is 1. The van der Waals surface area contributed by atoms with Crippen LogP contribution in [-0.2, 0) is 18.4 Å². The van der Waals surface area contributed by atoms with Crippen LogP contribution in [-0.4, -0.2) is 68.5 Å². The quantitative estimate of drug-likeness (QED) is 0.0366. The highest BCUT2D eigenvalue weighted by Crippen LogP contribution is 2.38. The molecule has 43 heavy (non-hydrogen) atoms. The van der Waals surface area contributed by atoms with Crippen LogP contribution >= 0.6 is 7.82 Å². The van der Waals surface area contributed by atoms with Gasteiger partial charge in [0.1, 0.15) is 13.2 Å². The summed E-state index contributed by atoms with van der Waals surface area (Å²) in [7, 11) is 1.23. The molecular weight excluding hydrogens is 563 g/mol. The van der Waals surface area contributed by atoms with Crippen molar-refractivity contribution in [1.29, 1.82) is 0 Å². The molecule has 0 spiro atoms. The fourth-order valence-electron chi connectivity index (χ4n) is 4.73. The van der Waals surface area contributed by atoms with Crippen LogP contribution in [0.3, 0.4) is 0 Å². The molecule has 0 aromatic carbocycles. The molecule has 0 heterocycles. The van der Waals surface area contributed by atoms with E-state index in [0.29, 0.717) is 11.0 Å². The van der Waals surface area contributed by atoms with Gasteiger partial charge in [0, 0.05) is 6.92 Å². The fraction of sp³-hybridized carbons (Fsp3) is 0.853. The zero-order valence-corrected chi connectivity index (χ0v) is 29.3. The van der Waals surface area contributed by atoms with E-state index in [0.717, 1.165) is 19.3 Å². The van der Waals surface area contributed by atoms with Crippen molar-refractivity contribution in [1.82, 2.24) is 5.32 Å². The minimum atomic E-state index is -4.54. The van der Waals surface area contributed by atoms with Gasteiger partial charge in [-0.05, 0) is 25.7 Å². The molecule has 3 unspecified atom stereocenters. The molecular formula is C34H67N2O6P. The number of allylic oxidation sites excluding steroid dienone is 3. The first kappa shape index (κ1) is 42.0. The van der Waals surface area contributed by atoms with E-state index in [4.69, 9.17) is 9.05 Å². The SMILES string of the molecule is CCCCCCCCCCCCCCCCCC/C=C/CC/C=C/C(O)C(COP(=O)([O-])OCC[N+](C)(C)C)NC(C)=O. The van der Waals surface area contributed by atoms with Crippen molar-refractivity contribution < 1.29 is 32.9 Å². The summed E-state index contributed by atoms with van der Waals surface area (Å²) in [5.74, 6) is -0.384. The molecule has 0 rings (SSSR count). The van der Waals surface area contributed by atoms with Crippen LogP contribution in [0.5, 0.6) is 0 Å². The maximum Gasteiger partial charge on any atom is 0.268 e. The first-order chi connectivity index (χ1) is 20.5. The molecule has 0 bridgehead atoms. The second-order valence-electron chi connectivity index (χ2n) is 13.0. The summed E-state index contributed by atoms with van der Waals surface area (Å²) in [6.07, 6.45) is 31.5. The number of rotatable bonds is 30. The summed E-state index contributed by atoms with van der Waals surface area (Å²) in [5.41, 5.74) is 0. The van der Waals surface area contributed by atoms with Gasteiger partial charge in [-0.25, -0.2) is 0 Å². The standard InChI is InChI=1S/C34H67N2O6P/c1-6-7-8-9-10-11-12-13-14-15-16-17-18-19-20-21-22-23-24-25-26-27-28-34(38)33(35-32(2)37)31-42-43(39,40)41-30-29-36(3,4)5/h23-24,27-28,33-34,38H,6-22,25-26,29-31H2,1-5H3,(H-,35,37,39,40)/b24-23+,28-27+. The predicted molar refractivity (Wildman–Crippen MR) is 178 cm³/mol. The topological polar surface area (TPSA) is 108 Å². The number of phosphoric ester groups is 1. The molecule has 0 aliphatic rings. The molecule has 254 valence electrons. The normalized spacial score (nSPS) is 15.2. The Morgan fingerprint density at radius 2 is 1.26 bits per heavy atom. The van der Waals surface area contributed by atoms with Crippen LogP contribution in [0, 0.1) is 0 Å². The van der Waals surface area contributed by atoms with Gasteiger partial charge in [0.05, 0.1) is 39.9 Å². The van der Waals surface area contributed by atoms with Crippen molar-refractivity contribution in [2.75, 3.05) is 40.9 Å². The summed E-state index contributed by atoms with van der Waals surface area (Å²) in [6.45, 7) is 3.66. The van der Waals surface area contributed by atoms with E-state index in [2.05, 4.69) is 24.4 Å². The van der Waals surface area contributed by atoms with E-state index < -0.39 is 26.6 Å². The summed E-state index contributed by atoms with van der Waals surface area (Å²) in [6, 6.07) is -0.900.